The summed E-state index contributed by atoms with van der Waals surface area (Å²) in [5.74, 6) is -0.441. The lowest BCUT2D eigenvalue weighted by Crippen LogP contribution is -2.33. The molecule has 0 saturated carbocycles. The highest BCUT2D eigenvalue weighted by atomic mass is 16.6. The van der Waals surface area contributed by atoms with Crippen molar-refractivity contribution in [3.05, 3.63) is 35.9 Å². The quantitative estimate of drug-likeness (QED) is 0.576. The molecule has 1 amide bonds. The SMILES string of the molecule is CCC1C(=O)OC(=O)N1Cc1ccccc1. The molecule has 1 aliphatic rings. The van der Waals surface area contributed by atoms with Gasteiger partial charge in [-0.05, 0) is 12.0 Å². The molecule has 1 aromatic rings. The van der Waals surface area contributed by atoms with Crippen molar-refractivity contribution >= 4 is 12.1 Å². The molecule has 1 aliphatic heterocycles. The molecule has 84 valence electrons. The molecule has 1 saturated heterocycles. The molecule has 1 heterocycles. The van der Waals surface area contributed by atoms with Gasteiger partial charge in [-0.1, -0.05) is 37.3 Å². The van der Waals surface area contributed by atoms with Crippen LogP contribution in [0.1, 0.15) is 18.9 Å². The predicted molar refractivity (Wildman–Crippen MR) is 57.6 cm³/mol. The van der Waals surface area contributed by atoms with Crippen molar-refractivity contribution in [2.45, 2.75) is 25.9 Å². The smallest absolute Gasteiger partial charge is 0.375 e. The molecule has 16 heavy (non-hydrogen) atoms. The first-order valence-corrected chi connectivity index (χ1v) is 5.28. The summed E-state index contributed by atoms with van der Waals surface area (Å²) in [5, 5.41) is 0. The third kappa shape index (κ3) is 1.91. The highest BCUT2D eigenvalue weighted by Gasteiger charge is 2.39. The number of benzene rings is 1. The van der Waals surface area contributed by atoms with Gasteiger partial charge in [0.15, 0.2) is 0 Å². The number of ether oxygens (including phenoxy) is 1. The fourth-order valence-corrected chi connectivity index (χ4v) is 1.81. The van der Waals surface area contributed by atoms with Gasteiger partial charge in [0.1, 0.15) is 6.04 Å². The Morgan fingerprint density at radius 1 is 1.25 bits per heavy atom. The van der Waals surface area contributed by atoms with Gasteiger partial charge < -0.3 is 4.74 Å². The van der Waals surface area contributed by atoms with Crippen LogP contribution in [0.2, 0.25) is 0 Å². The van der Waals surface area contributed by atoms with Crippen LogP contribution in [-0.4, -0.2) is 23.0 Å². The Hall–Kier alpha value is -1.84. The maximum atomic E-state index is 11.4. The molecule has 0 aliphatic carbocycles. The first kappa shape index (κ1) is 10.7. The molecule has 1 unspecified atom stereocenters. The standard InChI is InChI=1S/C12H13NO3/c1-2-10-11(14)16-12(15)13(10)8-9-6-4-3-5-7-9/h3-7,10H,2,8H2,1H3. The van der Waals surface area contributed by atoms with Gasteiger partial charge in [-0.2, -0.15) is 0 Å². The minimum absolute atomic E-state index is 0.421. The van der Waals surface area contributed by atoms with E-state index in [1.165, 1.54) is 4.90 Å². The van der Waals surface area contributed by atoms with E-state index in [4.69, 9.17) is 0 Å². The topological polar surface area (TPSA) is 46.6 Å². The fraction of sp³-hybridized carbons (Fsp3) is 0.333. The summed E-state index contributed by atoms with van der Waals surface area (Å²) in [6.45, 7) is 2.28. The van der Waals surface area contributed by atoms with E-state index in [2.05, 4.69) is 4.74 Å². The van der Waals surface area contributed by atoms with Crippen molar-refractivity contribution in [3.63, 3.8) is 0 Å². The van der Waals surface area contributed by atoms with Gasteiger partial charge in [0.2, 0.25) is 0 Å². The highest BCUT2D eigenvalue weighted by molar-refractivity contribution is 5.95. The minimum Gasteiger partial charge on any atom is -0.375 e. The van der Waals surface area contributed by atoms with Crippen molar-refractivity contribution in [2.75, 3.05) is 0 Å². The number of nitrogens with zero attached hydrogens (tertiary/aromatic N) is 1. The number of cyclic esters (lactones) is 2. The van der Waals surface area contributed by atoms with Crippen LogP contribution in [-0.2, 0) is 16.1 Å². The summed E-state index contributed by atoms with van der Waals surface area (Å²) >= 11 is 0. The van der Waals surface area contributed by atoms with E-state index in [1.807, 2.05) is 37.3 Å². The van der Waals surface area contributed by atoms with Crippen LogP contribution in [0.4, 0.5) is 4.79 Å². The van der Waals surface area contributed by atoms with Gasteiger partial charge in [0, 0.05) is 6.54 Å². The number of esters is 1. The number of carbonyl (C=O) groups is 2. The zero-order chi connectivity index (χ0) is 11.5. The van der Waals surface area contributed by atoms with Gasteiger partial charge in [0.25, 0.3) is 0 Å². The molecule has 4 heteroatoms. The molecule has 4 nitrogen and oxygen atoms in total. The molecular formula is C12H13NO3. The van der Waals surface area contributed by atoms with Gasteiger partial charge in [-0.25, -0.2) is 9.59 Å². The summed E-state index contributed by atoms with van der Waals surface area (Å²) in [6, 6.07) is 9.12. The van der Waals surface area contributed by atoms with Gasteiger partial charge in [-0.3, -0.25) is 4.90 Å². The van der Waals surface area contributed by atoms with Gasteiger partial charge >= 0.3 is 12.1 Å². The van der Waals surface area contributed by atoms with Crippen LogP contribution in [0.15, 0.2) is 30.3 Å². The van der Waals surface area contributed by atoms with Gasteiger partial charge in [-0.15, -0.1) is 0 Å². The Morgan fingerprint density at radius 3 is 2.56 bits per heavy atom. The van der Waals surface area contributed by atoms with Crippen LogP contribution in [0, 0.1) is 0 Å². The maximum Gasteiger partial charge on any atom is 0.418 e. The Morgan fingerprint density at radius 2 is 1.94 bits per heavy atom. The van der Waals surface area contributed by atoms with E-state index in [1.54, 1.807) is 0 Å². The Balaban J connectivity index is 2.14. The van der Waals surface area contributed by atoms with Crippen LogP contribution in [0.5, 0.6) is 0 Å². The van der Waals surface area contributed by atoms with Crippen molar-refractivity contribution in [3.8, 4) is 0 Å². The average Bonchev–Trinajstić information content (AvgIpc) is 2.55. The molecule has 1 atom stereocenters. The predicted octanol–water partition coefficient (Wildman–Crippen LogP) is 1.94. The van der Waals surface area contributed by atoms with E-state index >= 15 is 0 Å². The van der Waals surface area contributed by atoms with E-state index in [-0.39, 0.29) is 0 Å². The Kier molecular flexibility index (Phi) is 2.90. The van der Waals surface area contributed by atoms with E-state index < -0.39 is 18.1 Å². The Bertz CT molecular complexity index is 402. The van der Waals surface area contributed by atoms with E-state index in [9.17, 15) is 9.59 Å². The highest BCUT2D eigenvalue weighted by Crippen LogP contribution is 2.19. The van der Waals surface area contributed by atoms with Crippen LogP contribution in [0.3, 0.4) is 0 Å². The number of carbonyl (C=O) groups excluding carboxylic acids is 2. The minimum atomic E-state index is -0.541. The third-order valence-corrected chi connectivity index (χ3v) is 2.65. The molecule has 0 radical (unpaired) electrons. The van der Waals surface area contributed by atoms with E-state index in [0.717, 1.165) is 5.56 Å². The molecule has 1 aromatic carbocycles. The molecule has 2 rings (SSSR count). The molecule has 0 aromatic heterocycles. The monoisotopic (exact) mass is 219 g/mol. The lowest BCUT2D eigenvalue weighted by molar-refractivity contribution is -0.135. The van der Waals surface area contributed by atoms with Crippen molar-refractivity contribution in [1.82, 2.24) is 4.90 Å². The number of amides is 1. The Labute approximate surface area is 93.8 Å². The second-order valence-corrected chi connectivity index (χ2v) is 3.72. The van der Waals surface area contributed by atoms with E-state index in [0.29, 0.717) is 13.0 Å². The molecule has 0 spiro atoms. The summed E-state index contributed by atoms with van der Waals surface area (Å²) in [6.07, 6.45) is 0.0397. The number of rotatable bonds is 3. The summed E-state index contributed by atoms with van der Waals surface area (Å²) < 4.78 is 4.60. The molecule has 0 bridgehead atoms. The summed E-state index contributed by atoms with van der Waals surface area (Å²) in [4.78, 5) is 24.2. The van der Waals surface area contributed by atoms with Crippen LogP contribution < -0.4 is 0 Å². The molecule has 1 fully saturated rings. The first-order chi connectivity index (χ1) is 7.72. The lowest BCUT2D eigenvalue weighted by atomic mass is 10.1. The zero-order valence-electron chi connectivity index (χ0n) is 9.05. The van der Waals surface area contributed by atoms with Gasteiger partial charge in [0.05, 0.1) is 0 Å². The fourth-order valence-electron chi connectivity index (χ4n) is 1.81. The normalized spacial score (nSPS) is 20.1. The third-order valence-electron chi connectivity index (χ3n) is 2.65. The largest absolute Gasteiger partial charge is 0.418 e. The van der Waals surface area contributed by atoms with Crippen molar-refractivity contribution < 1.29 is 14.3 Å². The average molecular weight is 219 g/mol. The number of hydrogen-bond donors (Lipinski definition) is 0. The molecular weight excluding hydrogens is 206 g/mol. The summed E-state index contributed by atoms with van der Waals surface area (Å²) in [5.41, 5.74) is 0.993. The van der Waals surface area contributed by atoms with Crippen molar-refractivity contribution in [1.29, 1.82) is 0 Å². The maximum absolute atomic E-state index is 11.4. The zero-order valence-corrected chi connectivity index (χ0v) is 9.05. The second-order valence-electron chi connectivity index (χ2n) is 3.72. The first-order valence-electron chi connectivity index (χ1n) is 5.28. The summed E-state index contributed by atoms with van der Waals surface area (Å²) in [7, 11) is 0. The second kappa shape index (κ2) is 4.35. The van der Waals surface area contributed by atoms with Crippen molar-refractivity contribution in [2.24, 2.45) is 0 Å². The number of hydrogen-bond acceptors (Lipinski definition) is 3. The van der Waals surface area contributed by atoms with Crippen LogP contribution >= 0.6 is 0 Å². The molecule has 0 N–H and O–H groups in total. The van der Waals surface area contributed by atoms with Crippen LogP contribution in [0.25, 0.3) is 0 Å². The lowest BCUT2D eigenvalue weighted by Gasteiger charge is -2.18.